The monoisotopic (exact) mass is 247 g/mol. The third kappa shape index (κ3) is 4.26. The normalized spacial score (nSPS) is 13.5. The second kappa shape index (κ2) is 5.40. The summed E-state index contributed by atoms with van der Waals surface area (Å²) < 4.78 is 36.3. The molecule has 0 aromatic heterocycles. The van der Waals surface area contributed by atoms with Crippen LogP contribution in [0.3, 0.4) is 0 Å². The van der Waals surface area contributed by atoms with Gasteiger partial charge in [0.25, 0.3) is 0 Å². The highest BCUT2D eigenvalue weighted by molar-refractivity contribution is 5.53. The number of hydrogen-bond donors (Lipinski definition) is 1. The molecule has 1 aromatic carbocycles. The fourth-order valence-electron chi connectivity index (χ4n) is 1.60. The van der Waals surface area contributed by atoms with Gasteiger partial charge in [-0.15, -0.1) is 0 Å². The summed E-state index contributed by atoms with van der Waals surface area (Å²) in [6.07, 6.45) is -5.72. The first-order valence-corrected chi connectivity index (χ1v) is 5.36. The average Bonchev–Trinajstić information content (AvgIpc) is 2.25. The topological polar surface area (TPSA) is 23.5 Å². The SMILES string of the molecule is CC(O)c1ccccc1N(C)CCC(F)(F)F. The molecule has 96 valence electrons. The minimum atomic E-state index is -4.16. The van der Waals surface area contributed by atoms with E-state index in [-0.39, 0.29) is 6.54 Å². The number of anilines is 1. The maximum absolute atomic E-state index is 12.1. The van der Waals surface area contributed by atoms with E-state index in [0.29, 0.717) is 11.3 Å². The Morgan fingerprint density at radius 2 is 1.88 bits per heavy atom. The van der Waals surface area contributed by atoms with Crippen molar-refractivity contribution in [2.24, 2.45) is 0 Å². The van der Waals surface area contributed by atoms with E-state index in [0.717, 1.165) is 0 Å². The minimum absolute atomic E-state index is 0.118. The lowest BCUT2D eigenvalue weighted by atomic mass is 10.1. The fourth-order valence-corrected chi connectivity index (χ4v) is 1.60. The van der Waals surface area contributed by atoms with Crippen LogP contribution >= 0.6 is 0 Å². The second-order valence-electron chi connectivity index (χ2n) is 4.02. The Morgan fingerprint density at radius 3 is 2.41 bits per heavy atom. The molecule has 0 aliphatic rings. The van der Waals surface area contributed by atoms with Crippen molar-refractivity contribution in [2.45, 2.75) is 25.6 Å². The molecule has 1 aromatic rings. The van der Waals surface area contributed by atoms with Crippen LogP contribution in [0, 0.1) is 0 Å². The van der Waals surface area contributed by atoms with Gasteiger partial charge >= 0.3 is 6.18 Å². The summed E-state index contributed by atoms with van der Waals surface area (Å²) in [5.74, 6) is 0. The van der Waals surface area contributed by atoms with Crippen LogP contribution in [0.4, 0.5) is 18.9 Å². The van der Waals surface area contributed by atoms with Gasteiger partial charge in [0.2, 0.25) is 0 Å². The Hall–Kier alpha value is -1.23. The molecule has 0 saturated carbocycles. The molecule has 0 radical (unpaired) electrons. The molecule has 1 unspecified atom stereocenters. The molecule has 0 heterocycles. The summed E-state index contributed by atoms with van der Waals surface area (Å²) in [4.78, 5) is 1.51. The van der Waals surface area contributed by atoms with Crippen molar-refractivity contribution >= 4 is 5.69 Å². The lowest BCUT2D eigenvalue weighted by Gasteiger charge is -2.24. The van der Waals surface area contributed by atoms with Crippen LogP contribution in [0.15, 0.2) is 24.3 Å². The van der Waals surface area contributed by atoms with Crippen LogP contribution in [-0.4, -0.2) is 24.9 Å². The molecule has 0 aliphatic carbocycles. The number of benzene rings is 1. The molecule has 1 N–H and O–H groups in total. The molecule has 17 heavy (non-hydrogen) atoms. The third-order valence-electron chi connectivity index (χ3n) is 2.53. The number of halogens is 3. The van der Waals surface area contributed by atoms with Crippen LogP contribution in [0.1, 0.15) is 25.0 Å². The minimum Gasteiger partial charge on any atom is -0.389 e. The fraction of sp³-hybridized carbons (Fsp3) is 0.500. The van der Waals surface area contributed by atoms with Crippen LogP contribution in [-0.2, 0) is 0 Å². The summed E-state index contributed by atoms with van der Waals surface area (Å²) in [5.41, 5.74) is 1.27. The number of aliphatic hydroxyl groups is 1. The molecule has 0 saturated heterocycles. The Labute approximate surface area is 98.7 Å². The van der Waals surface area contributed by atoms with E-state index in [1.54, 1.807) is 38.2 Å². The van der Waals surface area contributed by atoms with E-state index in [2.05, 4.69) is 0 Å². The Kier molecular flexibility index (Phi) is 4.40. The third-order valence-corrected chi connectivity index (χ3v) is 2.53. The molecule has 5 heteroatoms. The molecule has 0 amide bonds. The summed E-state index contributed by atoms with van der Waals surface area (Å²) in [7, 11) is 1.59. The Bertz CT molecular complexity index is 363. The van der Waals surface area contributed by atoms with Crippen LogP contribution < -0.4 is 4.90 Å². The maximum Gasteiger partial charge on any atom is 0.390 e. The summed E-state index contributed by atoms with van der Waals surface area (Å²) in [5, 5.41) is 9.53. The first kappa shape index (κ1) is 13.8. The van der Waals surface area contributed by atoms with Gasteiger partial charge in [-0.2, -0.15) is 13.2 Å². The van der Waals surface area contributed by atoms with Crippen LogP contribution in [0.5, 0.6) is 0 Å². The average molecular weight is 247 g/mol. The van der Waals surface area contributed by atoms with Gasteiger partial charge < -0.3 is 10.0 Å². The van der Waals surface area contributed by atoms with E-state index in [1.165, 1.54) is 4.90 Å². The summed E-state index contributed by atoms with van der Waals surface area (Å²) in [6, 6.07) is 6.91. The zero-order valence-electron chi connectivity index (χ0n) is 9.83. The van der Waals surface area contributed by atoms with Crippen molar-refractivity contribution in [3.63, 3.8) is 0 Å². The number of hydrogen-bond acceptors (Lipinski definition) is 2. The molecule has 0 fully saturated rings. The molecular formula is C12H16F3NO. The first-order valence-electron chi connectivity index (χ1n) is 5.36. The van der Waals surface area contributed by atoms with E-state index in [9.17, 15) is 18.3 Å². The molecule has 0 bridgehead atoms. The van der Waals surface area contributed by atoms with Gasteiger partial charge in [-0.3, -0.25) is 0 Å². The zero-order chi connectivity index (χ0) is 13.1. The highest BCUT2D eigenvalue weighted by atomic mass is 19.4. The maximum atomic E-state index is 12.1. The van der Waals surface area contributed by atoms with E-state index < -0.39 is 18.7 Å². The highest BCUT2D eigenvalue weighted by Crippen LogP contribution is 2.27. The second-order valence-corrected chi connectivity index (χ2v) is 4.02. The standard InChI is InChI=1S/C12H16F3NO/c1-9(17)10-5-3-4-6-11(10)16(2)8-7-12(13,14)15/h3-6,9,17H,7-8H2,1-2H3. The molecule has 2 nitrogen and oxygen atoms in total. The predicted molar refractivity (Wildman–Crippen MR) is 61.0 cm³/mol. The van der Waals surface area contributed by atoms with Gasteiger partial charge in [0.05, 0.1) is 12.5 Å². The molecule has 0 aliphatic heterocycles. The van der Waals surface area contributed by atoms with Gasteiger partial charge in [-0.1, -0.05) is 18.2 Å². The Balaban J connectivity index is 2.78. The lowest BCUT2D eigenvalue weighted by Crippen LogP contribution is -2.25. The van der Waals surface area contributed by atoms with Crippen molar-refractivity contribution in [1.29, 1.82) is 0 Å². The zero-order valence-corrected chi connectivity index (χ0v) is 9.83. The largest absolute Gasteiger partial charge is 0.390 e. The van der Waals surface area contributed by atoms with Gasteiger partial charge in [0.15, 0.2) is 0 Å². The van der Waals surface area contributed by atoms with Crippen LogP contribution in [0.2, 0.25) is 0 Å². The van der Waals surface area contributed by atoms with Crippen LogP contribution in [0.25, 0.3) is 0 Å². The van der Waals surface area contributed by atoms with Gasteiger partial charge in [-0.25, -0.2) is 0 Å². The highest BCUT2D eigenvalue weighted by Gasteiger charge is 2.27. The van der Waals surface area contributed by atoms with Crippen molar-refractivity contribution in [3.05, 3.63) is 29.8 Å². The van der Waals surface area contributed by atoms with Gasteiger partial charge in [-0.05, 0) is 13.0 Å². The Morgan fingerprint density at radius 1 is 1.29 bits per heavy atom. The summed E-state index contributed by atoms with van der Waals surface area (Å²) in [6.45, 7) is 1.48. The van der Waals surface area contributed by atoms with E-state index in [1.807, 2.05) is 0 Å². The molecular weight excluding hydrogens is 231 g/mol. The van der Waals surface area contributed by atoms with Crippen molar-refractivity contribution in [2.75, 3.05) is 18.5 Å². The lowest BCUT2D eigenvalue weighted by molar-refractivity contribution is -0.132. The summed E-state index contributed by atoms with van der Waals surface area (Å²) >= 11 is 0. The van der Waals surface area contributed by atoms with Crippen molar-refractivity contribution in [3.8, 4) is 0 Å². The number of nitrogens with zero attached hydrogens (tertiary/aromatic N) is 1. The van der Waals surface area contributed by atoms with Crippen molar-refractivity contribution < 1.29 is 18.3 Å². The first-order chi connectivity index (χ1) is 7.81. The number of para-hydroxylation sites is 1. The van der Waals surface area contributed by atoms with Gasteiger partial charge in [0, 0.05) is 24.8 Å². The quantitative estimate of drug-likeness (QED) is 0.883. The molecule has 1 atom stereocenters. The molecule has 1 rings (SSSR count). The predicted octanol–water partition coefficient (Wildman–Crippen LogP) is 3.13. The number of aliphatic hydroxyl groups excluding tert-OH is 1. The number of alkyl halides is 3. The van der Waals surface area contributed by atoms with Gasteiger partial charge in [0.1, 0.15) is 0 Å². The number of rotatable bonds is 4. The van der Waals surface area contributed by atoms with Crippen molar-refractivity contribution in [1.82, 2.24) is 0 Å². The smallest absolute Gasteiger partial charge is 0.389 e. The van der Waals surface area contributed by atoms with E-state index >= 15 is 0 Å². The molecule has 0 spiro atoms. The van der Waals surface area contributed by atoms with E-state index in [4.69, 9.17) is 0 Å².